The largest absolute Gasteiger partial charge is 0.464 e. The van der Waals surface area contributed by atoms with Crippen molar-refractivity contribution in [3.63, 3.8) is 0 Å². The van der Waals surface area contributed by atoms with E-state index in [0.717, 1.165) is 22.6 Å². The summed E-state index contributed by atoms with van der Waals surface area (Å²) in [7, 11) is 0. The van der Waals surface area contributed by atoms with Crippen molar-refractivity contribution in [2.24, 2.45) is 0 Å². The maximum Gasteiger partial charge on any atom is 0.310 e. The predicted octanol–water partition coefficient (Wildman–Crippen LogP) is 6.86. The molecular weight excluding hydrogens is 457 g/mol. The zero-order chi connectivity index (χ0) is 23.6. The molecule has 0 saturated heterocycles. The van der Waals surface area contributed by atoms with Crippen molar-refractivity contribution in [3.8, 4) is 0 Å². The Morgan fingerprint density at radius 2 is 1.91 bits per heavy atom. The number of benzene rings is 2. The average molecular weight is 482 g/mol. The van der Waals surface area contributed by atoms with Gasteiger partial charge in [0.15, 0.2) is 0 Å². The van der Waals surface area contributed by atoms with Gasteiger partial charge in [0.1, 0.15) is 12.4 Å². The van der Waals surface area contributed by atoms with Crippen LogP contribution in [0.1, 0.15) is 18.3 Å². The summed E-state index contributed by atoms with van der Waals surface area (Å²) in [5.41, 5.74) is 2.90. The van der Waals surface area contributed by atoms with E-state index in [9.17, 15) is 4.79 Å². The van der Waals surface area contributed by atoms with Gasteiger partial charge in [-0.1, -0.05) is 78.4 Å². The molecule has 0 radical (unpaired) electrons. The summed E-state index contributed by atoms with van der Waals surface area (Å²) < 4.78 is 7.39. The fourth-order valence-electron chi connectivity index (χ4n) is 3.15. The molecule has 0 aliphatic carbocycles. The van der Waals surface area contributed by atoms with E-state index in [1.807, 2.05) is 66.3 Å². The first-order chi connectivity index (χ1) is 16.0. The fourth-order valence-corrected chi connectivity index (χ4v) is 3.64. The van der Waals surface area contributed by atoms with Crippen molar-refractivity contribution in [1.29, 1.82) is 0 Å². The molecule has 3 rings (SSSR count). The minimum atomic E-state index is -0.331. The number of halogens is 2. The number of carbonyl (C=O) groups excluding carboxylic acids is 1. The average Bonchev–Trinajstić information content (AvgIpc) is 3.26. The lowest BCUT2D eigenvalue weighted by Gasteiger charge is -2.14. The minimum absolute atomic E-state index is 0.112. The van der Waals surface area contributed by atoms with Crippen LogP contribution < -0.4 is 5.32 Å². The molecule has 3 aromatic rings. The Morgan fingerprint density at radius 3 is 2.67 bits per heavy atom. The first-order valence-electron chi connectivity index (χ1n) is 10.4. The molecule has 1 aromatic heterocycles. The molecule has 0 amide bonds. The zero-order valence-electron chi connectivity index (χ0n) is 18.3. The van der Waals surface area contributed by atoms with E-state index in [1.165, 1.54) is 0 Å². The number of rotatable bonds is 10. The third-order valence-electron chi connectivity index (χ3n) is 4.77. The van der Waals surface area contributed by atoms with Gasteiger partial charge < -0.3 is 14.6 Å². The number of nitrogens with zero attached hydrogens (tertiary/aromatic N) is 2. The van der Waals surface area contributed by atoms with E-state index < -0.39 is 0 Å². The first kappa shape index (κ1) is 24.4. The van der Waals surface area contributed by atoms with Crippen molar-refractivity contribution >= 4 is 46.1 Å². The number of hydrogen-bond acceptors (Lipinski definition) is 4. The van der Waals surface area contributed by atoms with Gasteiger partial charge in [-0.3, -0.25) is 4.79 Å². The number of para-hydroxylation sites is 2. The monoisotopic (exact) mass is 481 g/mol. The van der Waals surface area contributed by atoms with Gasteiger partial charge in [0.2, 0.25) is 0 Å². The van der Waals surface area contributed by atoms with Crippen LogP contribution in [0.25, 0.3) is 5.57 Å². The quantitative estimate of drug-likeness (QED) is 0.253. The summed E-state index contributed by atoms with van der Waals surface area (Å²) in [6.45, 7) is 6.70. The van der Waals surface area contributed by atoms with Gasteiger partial charge in [0.05, 0.1) is 28.7 Å². The number of ether oxygens (including phenoxy) is 1. The molecule has 0 spiro atoms. The van der Waals surface area contributed by atoms with Crippen LogP contribution in [0.5, 0.6) is 0 Å². The Bertz CT molecular complexity index is 1160. The maximum absolute atomic E-state index is 12.5. The van der Waals surface area contributed by atoms with Crippen molar-refractivity contribution < 1.29 is 9.53 Å². The summed E-state index contributed by atoms with van der Waals surface area (Å²) in [5, 5.41) is 4.23. The Balaban J connectivity index is 1.59. The molecule has 1 N–H and O–H groups in total. The highest BCUT2D eigenvalue weighted by atomic mass is 35.5. The SMILES string of the molecule is C=C(/C=C\C=C/C)c1nccn1CCOC(=O)Cc1ccccc1Nc1c(Cl)cccc1Cl. The van der Waals surface area contributed by atoms with E-state index in [-0.39, 0.29) is 19.0 Å². The second-order valence-corrected chi connectivity index (χ2v) is 7.94. The van der Waals surface area contributed by atoms with Gasteiger partial charge in [0.25, 0.3) is 0 Å². The molecule has 170 valence electrons. The molecule has 0 unspecified atom stereocenters. The summed E-state index contributed by atoms with van der Waals surface area (Å²) in [6.07, 6.45) is 11.3. The number of aromatic nitrogens is 2. The maximum atomic E-state index is 12.5. The number of carbonyl (C=O) groups is 1. The highest BCUT2D eigenvalue weighted by Gasteiger charge is 2.12. The second-order valence-electron chi connectivity index (χ2n) is 7.13. The first-order valence-corrected chi connectivity index (χ1v) is 11.2. The Labute approximate surface area is 204 Å². The molecule has 2 aromatic carbocycles. The Morgan fingerprint density at radius 1 is 1.15 bits per heavy atom. The van der Waals surface area contributed by atoms with Crippen LogP contribution in [0.4, 0.5) is 11.4 Å². The van der Waals surface area contributed by atoms with Gasteiger partial charge in [-0.2, -0.15) is 0 Å². The van der Waals surface area contributed by atoms with Crippen LogP contribution >= 0.6 is 23.2 Å². The third-order valence-corrected chi connectivity index (χ3v) is 5.40. The number of hydrogen-bond donors (Lipinski definition) is 1. The van der Waals surface area contributed by atoms with Gasteiger partial charge in [-0.25, -0.2) is 4.98 Å². The van der Waals surface area contributed by atoms with Crippen LogP contribution in [0, 0.1) is 0 Å². The predicted molar refractivity (Wildman–Crippen MR) is 136 cm³/mol. The molecule has 0 atom stereocenters. The smallest absolute Gasteiger partial charge is 0.310 e. The lowest BCUT2D eigenvalue weighted by atomic mass is 10.1. The van der Waals surface area contributed by atoms with E-state index in [0.29, 0.717) is 22.3 Å². The molecule has 7 heteroatoms. The zero-order valence-corrected chi connectivity index (χ0v) is 19.8. The third kappa shape index (κ3) is 6.85. The Hall–Kier alpha value is -3.28. The van der Waals surface area contributed by atoms with Gasteiger partial charge in [0, 0.05) is 23.7 Å². The van der Waals surface area contributed by atoms with Crippen LogP contribution in [0.15, 0.2) is 85.7 Å². The molecule has 0 fully saturated rings. The number of esters is 1. The molecule has 0 bridgehead atoms. The van der Waals surface area contributed by atoms with Crippen molar-refractivity contribution in [1.82, 2.24) is 9.55 Å². The molecule has 1 heterocycles. The number of allylic oxidation sites excluding steroid dienone is 5. The van der Waals surface area contributed by atoms with Gasteiger partial charge >= 0.3 is 5.97 Å². The number of anilines is 2. The number of imidazole rings is 1. The van der Waals surface area contributed by atoms with E-state index in [4.69, 9.17) is 27.9 Å². The molecule has 5 nitrogen and oxygen atoms in total. The van der Waals surface area contributed by atoms with E-state index in [1.54, 1.807) is 24.4 Å². The van der Waals surface area contributed by atoms with Gasteiger partial charge in [-0.15, -0.1) is 0 Å². The van der Waals surface area contributed by atoms with Crippen LogP contribution in [0.2, 0.25) is 10.0 Å². The highest BCUT2D eigenvalue weighted by molar-refractivity contribution is 6.39. The van der Waals surface area contributed by atoms with E-state index in [2.05, 4.69) is 16.9 Å². The molecule has 0 aliphatic rings. The molecule has 0 aliphatic heterocycles. The molecular formula is C26H25Cl2N3O2. The minimum Gasteiger partial charge on any atom is -0.464 e. The normalized spacial score (nSPS) is 11.2. The number of nitrogens with one attached hydrogen (secondary N) is 1. The summed E-state index contributed by atoms with van der Waals surface area (Å²) in [5.74, 6) is 0.404. The molecule has 0 saturated carbocycles. The molecule has 33 heavy (non-hydrogen) atoms. The fraction of sp³-hybridized carbons (Fsp3) is 0.154. The van der Waals surface area contributed by atoms with Gasteiger partial charge in [-0.05, 0) is 30.7 Å². The highest BCUT2D eigenvalue weighted by Crippen LogP contribution is 2.33. The van der Waals surface area contributed by atoms with Crippen molar-refractivity contribution in [2.45, 2.75) is 19.9 Å². The lowest BCUT2D eigenvalue weighted by molar-refractivity contribution is -0.143. The topological polar surface area (TPSA) is 56.2 Å². The second kappa shape index (κ2) is 12.1. The van der Waals surface area contributed by atoms with Crippen LogP contribution in [-0.4, -0.2) is 22.1 Å². The Kier molecular flexibility index (Phi) is 8.93. The van der Waals surface area contributed by atoms with E-state index >= 15 is 0 Å². The van der Waals surface area contributed by atoms with Crippen LogP contribution in [-0.2, 0) is 22.5 Å². The lowest BCUT2D eigenvalue weighted by Crippen LogP contribution is -2.14. The summed E-state index contributed by atoms with van der Waals surface area (Å²) in [6, 6.07) is 12.8. The standard InChI is InChI=1S/C26H25Cl2N3O2/c1-3-4-5-9-19(2)26-29-14-15-31(26)16-17-33-24(32)18-20-10-6-7-13-23(20)30-25-21(27)11-8-12-22(25)28/h3-15,30H,2,16-18H2,1H3/b4-3-,9-5-. The summed E-state index contributed by atoms with van der Waals surface area (Å²) in [4.78, 5) is 16.9. The summed E-state index contributed by atoms with van der Waals surface area (Å²) >= 11 is 12.5. The van der Waals surface area contributed by atoms with Crippen molar-refractivity contribution in [3.05, 3.63) is 107 Å². The van der Waals surface area contributed by atoms with Crippen molar-refractivity contribution in [2.75, 3.05) is 11.9 Å². The van der Waals surface area contributed by atoms with Crippen LogP contribution in [0.3, 0.4) is 0 Å².